The lowest BCUT2D eigenvalue weighted by Gasteiger charge is -2.21. The van der Waals surface area contributed by atoms with Gasteiger partial charge in [0.1, 0.15) is 0 Å². The first-order valence-corrected chi connectivity index (χ1v) is 6.67. The molecule has 0 amide bonds. The monoisotopic (exact) mass is 225 g/mol. The van der Waals surface area contributed by atoms with E-state index in [4.69, 9.17) is 10.5 Å². The lowest BCUT2D eigenvalue weighted by molar-refractivity contribution is -0.145. The molecule has 2 aliphatic rings. The second-order valence-corrected chi connectivity index (χ2v) is 5.39. The number of carbonyl (C=O) groups is 1. The van der Waals surface area contributed by atoms with Crippen molar-refractivity contribution in [2.75, 3.05) is 6.61 Å². The molecule has 0 aromatic carbocycles. The van der Waals surface area contributed by atoms with E-state index in [-0.39, 0.29) is 12.0 Å². The number of esters is 1. The van der Waals surface area contributed by atoms with Gasteiger partial charge in [-0.2, -0.15) is 0 Å². The topological polar surface area (TPSA) is 52.3 Å². The minimum atomic E-state index is -0.0926. The van der Waals surface area contributed by atoms with Crippen LogP contribution in [0.4, 0.5) is 0 Å². The Morgan fingerprint density at radius 2 is 1.88 bits per heavy atom. The van der Waals surface area contributed by atoms with Crippen LogP contribution in [0.25, 0.3) is 0 Å². The van der Waals surface area contributed by atoms with Crippen molar-refractivity contribution in [3.8, 4) is 0 Å². The highest BCUT2D eigenvalue weighted by atomic mass is 16.5. The Balaban J connectivity index is 1.58. The van der Waals surface area contributed by atoms with E-state index in [1.165, 1.54) is 44.9 Å². The minimum absolute atomic E-state index is 0.0406. The molecule has 0 heterocycles. The van der Waals surface area contributed by atoms with Gasteiger partial charge in [-0.25, -0.2) is 0 Å². The molecular formula is C13H23NO2. The second-order valence-electron chi connectivity index (χ2n) is 5.39. The first kappa shape index (κ1) is 11.9. The smallest absolute Gasteiger partial charge is 0.307 e. The van der Waals surface area contributed by atoms with E-state index < -0.39 is 0 Å². The summed E-state index contributed by atoms with van der Waals surface area (Å²) >= 11 is 0. The maximum absolute atomic E-state index is 11.5. The Hall–Kier alpha value is -0.570. The standard InChI is InChI=1S/C13H23NO2/c14-12(11-6-7-11)8-13(15)16-9-10-4-2-1-3-5-10/h10-12H,1-9,14H2. The zero-order chi connectivity index (χ0) is 11.4. The molecule has 1 atom stereocenters. The van der Waals surface area contributed by atoms with Gasteiger partial charge in [0, 0.05) is 6.04 Å². The third-order valence-corrected chi connectivity index (χ3v) is 3.83. The van der Waals surface area contributed by atoms with E-state index in [0.717, 1.165) is 0 Å². The van der Waals surface area contributed by atoms with Crippen molar-refractivity contribution < 1.29 is 9.53 Å². The largest absolute Gasteiger partial charge is 0.465 e. The Kier molecular flexibility index (Phi) is 4.22. The van der Waals surface area contributed by atoms with Gasteiger partial charge >= 0.3 is 5.97 Å². The molecule has 0 radical (unpaired) electrons. The number of rotatable bonds is 5. The van der Waals surface area contributed by atoms with Crippen LogP contribution in [0.15, 0.2) is 0 Å². The average molecular weight is 225 g/mol. The molecule has 2 N–H and O–H groups in total. The Bertz CT molecular complexity index is 232. The zero-order valence-electron chi connectivity index (χ0n) is 9.99. The summed E-state index contributed by atoms with van der Waals surface area (Å²) in [6, 6.07) is 0.0406. The van der Waals surface area contributed by atoms with Gasteiger partial charge in [0.25, 0.3) is 0 Å². The van der Waals surface area contributed by atoms with Crippen molar-refractivity contribution in [1.82, 2.24) is 0 Å². The summed E-state index contributed by atoms with van der Waals surface area (Å²) in [5.74, 6) is 1.10. The SMILES string of the molecule is NC(CC(=O)OCC1CCCCC1)C1CC1. The molecule has 0 bridgehead atoms. The first-order chi connectivity index (χ1) is 7.75. The summed E-state index contributed by atoms with van der Waals surface area (Å²) in [6.45, 7) is 0.621. The van der Waals surface area contributed by atoms with Crippen LogP contribution in [-0.4, -0.2) is 18.6 Å². The van der Waals surface area contributed by atoms with E-state index in [1.54, 1.807) is 0 Å². The van der Waals surface area contributed by atoms with Crippen LogP contribution in [-0.2, 0) is 9.53 Å². The van der Waals surface area contributed by atoms with E-state index in [1.807, 2.05) is 0 Å². The van der Waals surface area contributed by atoms with Gasteiger partial charge in [0.15, 0.2) is 0 Å². The fourth-order valence-corrected chi connectivity index (χ4v) is 2.51. The Morgan fingerprint density at radius 1 is 1.19 bits per heavy atom. The zero-order valence-corrected chi connectivity index (χ0v) is 9.99. The van der Waals surface area contributed by atoms with Crippen molar-refractivity contribution >= 4 is 5.97 Å². The number of hydrogen-bond donors (Lipinski definition) is 1. The van der Waals surface area contributed by atoms with E-state index in [9.17, 15) is 4.79 Å². The van der Waals surface area contributed by atoms with E-state index in [0.29, 0.717) is 24.9 Å². The third kappa shape index (κ3) is 3.78. The van der Waals surface area contributed by atoms with Gasteiger partial charge in [-0.1, -0.05) is 19.3 Å². The van der Waals surface area contributed by atoms with Crippen molar-refractivity contribution in [3.05, 3.63) is 0 Å². The predicted octanol–water partition coefficient (Wildman–Crippen LogP) is 2.24. The maximum Gasteiger partial charge on any atom is 0.307 e. The van der Waals surface area contributed by atoms with Gasteiger partial charge in [-0.15, -0.1) is 0 Å². The molecule has 16 heavy (non-hydrogen) atoms. The van der Waals surface area contributed by atoms with E-state index in [2.05, 4.69) is 0 Å². The van der Waals surface area contributed by atoms with Crippen molar-refractivity contribution in [1.29, 1.82) is 0 Å². The fourth-order valence-electron chi connectivity index (χ4n) is 2.51. The average Bonchev–Trinajstić information content (AvgIpc) is 3.11. The quantitative estimate of drug-likeness (QED) is 0.730. The summed E-state index contributed by atoms with van der Waals surface area (Å²) in [7, 11) is 0. The summed E-state index contributed by atoms with van der Waals surface area (Å²) in [6.07, 6.45) is 9.18. The number of ether oxygens (including phenoxy) is 1. The molecule has 0 saturated heterocycles. The van der Waals surface area contributed by atoms with Crippen LogP contribution in [0.1, 0.15) is 51.4 Å². The van der Waals surface area contributed by atoms with Gasteiger partial charge in [-0.3, -0.25) is 4.79 Å². The van der Waals surface area contributed by atoms with Gasteiger partial charge in [0.2, 0.25) is 0 Å². The molecule has 0 spiro atoms. The molecule has 2 fully saturated rings. The van der Waals surface area contributed by atoms with Crippen LogP contribution in [0, 0.1) is 11.8 Å². The van der Waals surface area contributed by atoms with Crippen LogP contribution in [0.2, 0.25) is 0 Å². The van der Waals surface area contributed by atoms with Crippen LogP contribution in [0.3, 0.4) is 0 Å². The molecule has 2 rings (SSSR count). The molecule has 0 aromatic rings. The number of nitrogens with two attached hydrogens (primary N) is 1. The van der Waals surface area contributed by atoms with Gasteiger partial charge < -0.3 is 10.5 Å². The van der Waals surface area contributed by atoms with E-state index >= 15 is 0 Å². The maximum atomic E-state index is 11.5. The Labute approximate surface area is 97.7 Å². The van der Waals surface area contributed by atoms with Crippen molar-refractivity contribution in [3.63, 3.8) is 0 Å². The Morgan fingerprint density at radius 3 is 2.50 bits per heavy atom. The highest BCUT2D eigenvalue weighted by molar-refractivity contribution is 5.70. The second kappa shape index (κ2) is 5.67. The number of hydrogen-bond acceptors (Lipinski definition) is 3. The molecular weight excluding hydrogens is 202 g/mol. The van der Waals surface area contributed by atoms with Crippen LogP contribution >= 0.6 is 0 Å². The summed E-state index contributed by atoms with van der Waals surface area (Å²) < 4.78 is 5.31. The predicted molar refractivity (Wildman–Crippen MR) is 62.9 cm³/mol. The normalized spacial score (nSPS) is 24.1. The van der Waals surface area contributed by atoms with Crippen LogP contribution < -0.4 is 5.73 Å². The molecule has 0 aromatic heterocycles. The molecule has 2 aliphatic carbocycles. The summed E-state index contributed by atoms with van der Waals surface area (Å²) in [5.41, 5.74) is 5.89. The van der Waals surface area contributed by atoms with Gasteiger partial charge in [-0.05, 0) is 37.5 Å². The highest BCUT2D eigenvalue weighted by Crippen LogP contribution is 2.33. The molecule has 92 valence electrons. The minimum Gasteiger partial charge on any atom is -0.465 e. The first-order valence-electron chi connectivity index (χ1n) is 6.67. The van der Waals surface area contributed by atoms with Crippen LogP contribution in [0.5, 0.6) is 0 Å². The summed E-state index contributed by atoms with van der Waals surface area (Å²) in [5, 5.41) is 0. The molecule has 0 aliphatic heterocycles. The molecule has 3 nitrogen and oxygen atoms in total. The third-order valence-electron chi connectivity index (χ3n) is 3.83. The van der Waals surface area contributed by atoms with Gasteiger partial charge in [0.05, 0.1) is 13.0 Å². The number of carbonyl (C=O) groups excluding carboxylic acids is 1. The molecule has 2 saturated carbocycles. The fraction of sp³-hybridized carbons (Fsp3) is 0.923. The summed E-state index contributed by atoms with van der Waals surface area (Å²) in [4.78, 5) is 11.5. The molecule has 3 heteroatoms. The molecule has 1 unspecified atom stereocenters. The lowest BCUT2D eigenvalue weighted by Crippen LogP contribution is -2.28. The lowest BCUT2D eigenvalue weighted by atomic mass is 9.90. The van der Waals surface area contributed by atoms with Crippen molar-refractivity contribution in [2.45, 2.75) is 57.4 Å². The highest BCUT2D eigenvalue weighted by Gasteiger charge is 2.30. The van der Waals surface area contributed by atoms with Crippen molar-refractivity contribution in [2.24, 2.45) is 17.6 Å².